The fraction of sp³-hybridized carbons (Fsp3) is 0.320. The number of aromatic nitrogens is 1. The number of hydrogen-bond acceptors (Lipinski definition) is 4. The van der Waals surface area contributed by atoms with Gasteiger partial charge in [0.2, 0.25) is 5.91 Å². The Morgan fingerprint density at radius 3 is 2.68 bits per heavy atom. The van der Waals surface area contributed by atoms with E-state index in [1.165, 1.54) is 10.4 Å². The molecular weight excluding hydrogens is 406 g/mol. The smallest absolute Gasteiger partial charge is 0.255 e. The highest BCUT2D eigenvalue weighted by molar-refractivity contribution is 7.13. The molecule has 0 spiro atoms. The van der Waals surface area contributed by atoms with Crippen molar-refractivity contribution in [2.45, 2.75) is 19.3 Å². The van der Waals surface area contributed by atoms with Crippen LogP contribution in [-0.4, -0.2) is 53.8 Å². The van der Waals surface area contributed by atoms with Crippen LogP contribution in [0.2, 0.25) is 0 Å². The van der Waals surface area contributed by atoms with Gasteiger partial charge in [-0.1, -0.05) is 30.3 Å². The molecule has 31 heavy (non-hydrogen) atoms. The number of thiophene rings is 1. The second-order valence-corrected chi connectivity index (χ2v) is 9.31. The normalized spacial score (nSPS) is 18.6. The first-order valence-corrected chi connectivity index (χ1v) is 11.4. The van der Waals surface area contributed by atoms with E-state index < -0.39 is 5.41 Å². The molecule has 1 saturated heterocycles. The third kappa shape index (κ3) is 4.39. The van der Waals surface area contributed by atoms with Crippen LogP contribution in [0, 0.1) is 5.41 Å². The minimum Gasteiger partial charge on any atom is -0.348 e. The molecule has 0 aliphatic carbocycles. The van der Waals surface area contributed by atoms with Crippen molar-refractivity contribution in [3.63, 3.8) is 0 Å². The Morgan fingerprint density at radius 2 is 1.97 bits per heavy atom. The lowest BCUT2D eigenvalue weighted by molar-refractivity contribution is -0.142. The molecule has 1 aromatic carbocycles. The van der Waals surface area contributed by atoms with Gasteiger partial charge in [-0.2, -0.15) is 0 Å². The first-order chi connectivity index (χ1) is 15.0. The molecule has 2 aromatic heterocycles. The number of hydrogen-bond donors (Lipinski definition) is 0. The molecule has 0 bridgehead atoms. The van der Waals surface area contributed by atoms with E-state index in [0.29, 0.717) is 25.1 Å². The Morgan fingerprint density at radius 1 is 1.13 bits per heavy atom. The summed E-state index contributed by atoms with van der Waals surface area (Å²) in [5, 5.41) is 2.07. The largest absolute Gasteiger partial charge is 0.348 e. The molecule has 5 nitrogen and oxygen atoms in total. The van der Waals surface area contributed by atoms with Gasteiger partial charge in [0.1, 0.15) is 0 Å². The Balaban J connectivity index is 1.69. The van der Waals surface area contributed by atoms with Gasteiger partial charge in [-0.3, -0.25) is 14.6 Å². The Hall–Kier alpha value is -2.99. The zero-order valence-corrected chi connectivity index (χ0v) is 18.8. The minimum atomic E-state index is -0.646. The summed E-state index contributed by atoms with van der Waals surface area (Å²) < 4.78 is 0. The number of piperidine rings is 1. The third-order valence-electron chi connectivity index (χ3n) is 5.97. The molecular formula is C25H27N3O2S. The molecule has 0 N–H and O–H groups in total. The highest BCUT2D eigenvalue weighted by Crippen LogP contribution is 2.39. The Labute approximate surface area is 187 Å². The number of rotatable bonds is 5. The first kappa shape index (κ1) is 21.2. The fourth-order valence-electron chi connectivity index (χ4n) is 4.56. The molecule has 1 atom stereocenters. The summed E-state index contributed by atoms with van der Waals surface area (Å²) in [4.78, 5) is 35.4. The van der Waals surface area contributed by atoms with Crippen LogP contribution in [0.25, 0.3) is 10.4 Å². The lowest BCUT2D eigenvalue weighted by Crippen LogP contribution is -2.54. The van der Waals surface area contributed by atoms with E-state index in [1.54, 1.807) is 54.9 Å². The topological polar surface area (TPSA) is 53.5 Å². The predicted octanol–water partition coefficient (Wildman–Crippen LogP) is 4.36. The van der Waals surface area contributed by atoms with E-state index in [1.807, 2.05) is 23.1 Å². The molecule has 1 fully saturated rings. The number of amides is 2. The molecule has 3 aromatic rings. The molecule has 3 heterocycles. The number of nitrogens with zero attached hydrogens (tertiary/aromatic N) is 3. The maximum Gasteiger partial charge on any atom is 0.255 e. The molecule has 2 amide bonds. The van der Waals surface area contributed by atoms with Gasteiger partial charge in [-0.15, -0.1) is 11.3 Å². The molecule has 4 rings (SSSR count). The summed E-state index contributed by atoms with van der Waals surface area (Å²) in [6.45, 7) is 1.07. The SMILES string of the molecule is CN(C)C(=O)[C@]1(Cc2ccccc2-c2cccs2)CCCN(C(=O)c2cccnc2)C1. The highest BCUT2D eigenvalue weighted by Gasteiger charge is 2.44. The van der Waals surface area contributed by atoms with Crippen molar-refractivity contribution in [3.8, 4) is 10.4 Å². The Bertz CT molecular complexity index is 1050. The van der Waals surface area contributed by atoms with E-state index in [9.17, 15) is 9.59 Å². The van der Waals surface area contributed by atoms with Gasteiger partial charge in [-0.05, 0) is 54.0 Å². The Kier molecular flexibility index (Phi) is 6.18. The summed E-state index contributed by atoms with van der Waals surface area (Å²) in [7, 11) is 3.61. The second-order valence-electron chi connectivity index (χ2n) is 8.36. The van der Waals surface area contributed by atoms with Gasteiger partial charge in [0.25, 0.3) is 5.91 Å². The van der Waals surface area contributed by atoms with Gasteiger partial charge >= 0.3 is 0 Å². The number of likely N-dealkylation sites (tertiary alicyclic amines) is 1. The van der Waals surface area contributed by atoms with Crippen molar-refractivity contribution in [3.05, 3.63) is 77.4 Å². The molecule has 1 aliphatic rings. The van der Waals surface area contributed by atoms with Crippen molar-refractivity contribution in [2.75, 3.05) is 27.2 Å². The van der Waals surface area contributed by atoms with Crippen LogP contribution < -0.4 is 0 Å². The number of pyridine rings is 1. The first-order valence-electron chi connectivity index (χ1n) is 10.5. The summed E-state index contributed by atoms with van der Waals surface area (Å²) in [6, 6.07) is 16.0. The predicted molar refractivity (Wildman–Crippen MR) is 124 cm³/mol. The van der Waals surface area contributed by atoms with Gasteiger partial charge < -0.3 is 9.80 Å². The van der Waals surface area contributed by atoms with Crippen LogP contribution >= 0.6 is 11.3 Å². The standard InChI is InChI=1S/C25H27N3O2S/c1-27(2)24(30)25(16-19-8-3-4-10-21(19)22-11-6-15-31-22)12-7-14-28(18-25)23(29)20-9-5-13-26-17-20/h3-6,8-11,13,15,17H,7,12,14,16,18H2,1-2H3/t25-/m0/s1. The van der Waals surface area contributed by atoms with Crippen LogP contribution in [0.15, 0.2) is 66.3 Å². The van der Waals surface area contributed by atoms with Gasteiger partial charge in [0.05, 0.1) is 11.0 Å². The molecule has 1 aliphatic heterocycles. The summed E-state index contributed by atoms with van der Waals surface area (Å²) in [6.07, 6.45) is 5.42. The van der Waals surface area contributed by atoms with Crippen LogP contribution in [-0.2, 0) is 11.2 Å². The maximum atomic E-state index is 13.5. The van der Waals surface area contributed by atoms with Crippen LogP contribution in [0.4, 0.5) is 0 Å². The van der Waals surface area contributed by atoms with E-state index >= 15 is 0 Å². The average Bonchev–Trinajstić information content (AvgIpc) is 3.34. The van der Waals surface area contributed by atoms with Crippen LogP contribution in [0.3, 0.4) is 0 Å². The molecule has 0 unspecified atom stereocenters. The zero-order valence-electron chi connectivity index (χ0n) is 18.0. The van der Waals surface area contributed by atoms with Crippen molar-refractivity contribution in [1.82, 2.24) is 14.8 Å². The quantitative estimate of drug-likeness (QED) is 0.601. The number of carbonyl (C=O) groups is 2. The highest BCUT2D eigenvalue weighted by atomic mass is 32.1. The third-order valence-corrected chi connectivity index (χ3v) is 6.87. The van der Waals surface area contributed by atoms with Crippen LogP contribution in [0.5, 0.6) is 0 Å². The zero-order chi connectivity index (χ0) is 21.8. The van der Waals surface area contributed by atoms with Crippen molar-refractivity contribution >= 4 is 23.2 Å². The molecule has 0 saturated carbocycles. The maximum absolute atomic E-state index is 13.5. The minimum absolute atomic E-state index is 0.0599. The van der Waals surface area contributed by atoms with Gasteiger partial charge in [-0.25, -0.2) is 0 Å². The molecule has 0 radical (unpaired) electrons. The number of carbonyl (C=O) groups excluding carboxylic acids is 2. The second kappa shape index (κ2) is 9.02. The van der Waals surface area contributed by atoms with E-state index in [4.69, 9.17) is 0 Å². The summed E-state index contributed by atoms with van der Waals surface area (Å²) >= 11 is 1.70. The van der Waals surface area contributed by atoms with E-state index in [-0.39, 0.29) is 11.8 Å². The average molecular weight is 434 g/mol. The van der Waals surface area contributed by atoms with Crippen molar-refractivity contribution in [2.24, 2.45) is 5.41 Å². The van der Waals surface area contributed by atoms with E-state index in [0.717, 1.165) is 18.4 Å². The summed E-state index contributed by atoms with van der Waals surface area (Å²) in [5.41, 5.74) is 2.23. The number of benzene rings is 1. The van der Waals surface area contributed by atoms with Crippen LogP contribution in [0.1, 0.15) is 28.8 Å². The van der Waals surface area contributed by atoms with E-state index in [2.05, 4.69) is 28.6 Å². The monoisotopic (exact) mass is 433 g/mol. The molecule has 6 heteroatoms. The summed E-state index contributed by atoms with van der Waals surface area (Å²) in [5.74, 6) is 0.0208. The van der Waals surface area contributed by atoms with Crippen molar-refractivity contribution in [1.29, 1.82) is 0 Å². The lowest BCUT2D eigenvalue weighted by Gasteiger charge is -2.43. The van der Waals surface area contributed by atoms with Gasteiger partial charge in [0.15, 0.2) is 0 Å². The van der Waals surface area contributed by atoms with Gasteiger partial charge in [0, 0.05) is 44.5 Å². The lowest BCUT2D eigenvalue weighted by atomic mass is 9.73. The molecule has 160 valence electrons. The fourth-order valence-corrected chi connectivity index (χ4v) is 5.34. The van der Waals surface area contributed by atoms with Crippen molar-refractivity contribution < 1.29 is 9.59 Å².